The molecule has 0 rings (SSSR count). The molecule has 2 atom stereocenters. The van der Waals surface area contributed by atoms with E-state index in [-0.39, 0.29) is 5.92 Å². The highest BCUT2D eigenvalue weighted by Crippen LogP contribution is 2.20. The van der Waals surface area contributed by atoms with E-state index in [2.05, 4.69) is 13.8 Å². The fourth-order valence-electron chi connectivity index (χ4n) is 1.38. The summed E-state index contributed by atoms with van der Waals surface area (Å²) in [4.78, 5) is 10.6. The van der Waals surface area contributed by atoms with Crippen molar-refractivity contribution in [3.8, 4) is 0 Å². The van der Waals surface area contributed by atoms with E-state index in [0.717, 1.165) is 19.3 Å². The van der Waals surface area contributed by atoms with Crippen molar-refractivity contribution in [2.24, 2.45) is 11.8 Å². The van der Waals surface area contributed by atoms with Crippen LogP contribution < -0.4 is 0 Å². The number of hydrogen-bond acceptors (Lipinski definition) is 1. The summed E-state index contributed by atoms with van der Waals surface area (Å²) in [7, 11) is 0. The molecule has 0 aromatic carbocycles. The van der Waals surface area contributed by atoms with E-state index in [1.807, 2.05) is 0 Å². The van der Waals surface area contributed by atoms with Crippen LogP contribution in [0.5, 0.6) is 0 Å². The van der Waals surface area contributed by atoms with Crippen LogP contribution in [0.2, 0.25) is 0 Å². The molecule has 1 unspecified atom stereocenters. The van der Waals surface area contributed by atoms with Gasteiger partial charge in [-0.1, -0.05) is 33.6 Å². The van der Waals surface area contributed by atoms with Crippen LogP contribution in [0.15, 0.2) is 0 Å². The first kappa shape index (κ1) is 10.5. The number of carboxylic acids is 1. The Kier molecular flexibility index (Phi) is 4.92. The third kappa shape index (κ3) is 3.40. The van der Waals surface area contributed by atoms with Gasteiger partial charge in [0.15, 0.2) is 0 Å². The molecule has 66 valence electrons. The number of rotatable bonds is 5. The molecule has 0 amide bonds. The maximum atomic E-state index is 10.6. The van der Waals surface area contributed by atoms with Crippen LogP contribution in [-0.2, 0) is 4.79 Å². The largest absolute Gasteiger partial charge is 0.481 e. The molecule has 0 aromatic heterocycles. The molecule has 0 radical (unpaired) electrons. The van der Waals surface area contributed by atoms with Crippen molar-refractivity contribution < 1.29 is 9.90 Å². The fraction of sp³-hybridized carbons (Fsp3) is 0.889. The maximum Gasteiger partial charge on any atom is 0.306 e. The van der Waals surface area contributed by atoms with Gasteiger partial charge < -0.3 is 5.11 Å². The van der Waals surface area contributed by atoms with Gasteiger partial charge >= 0.3 is 5.97 Å². The topological polar surface area (TPSA) is 37.3 Å². The Labute approximate surface area is 68.6 Å². The minimum atomic E-state index is -0.662. The van der Waals surface area contributed by atoms with Crippen molar-refractivity contribution in [2.45, 2.75) is 40.0 Å². The number of carboxylic acid groups (broad SMARTS) is 1. The van der Waals surface area contributed by atoms with Gasteiger partial charge in [-0.2, -0.15) is 0 Å². The zero-order valence-electron chi connectivity index (χ0n) is 7.63. The summed E-state index contributed by atoms with van der Waals surface area (Å²) in [5.74, 6) is -0.484. The SMILES string of the molecule is CCCC(CC)[C@@H](C)C(=O)O. The third-order valence-corrected chi connectivity index (χ3v) is 2.28. The molecule has 11 heavy (non-hydrogen) atoms. The Balaban J connectivity index is 3.91. The molecule has 0 spiro atoms. The van der Waals surface area contributed by atoms with Gasteiger partial charge in [0.2, 0.25) is 0 Å². The summed E-state index contributed by atoms with van der Waals surface area (Å²) in [6, 6.07) is 0. The molecule has 2 nitrogen and oxygen atoms in total. The quantitative estimate of drug-likeness (QED) is 0.667. The van der Waals surface area contributed by atoms with Crippen LogP contribution in [0.3, 0.4) is 0 Å². The Morgan fingerprint density at radius 3 is 2.27 bits per heavy atom. The molecule has 0 saturated carbocycles. The molecule has 0 aliphatic carbocycles. The summed E-state index contributed by atoms with van der Waals surface area (Å²) < 4.78 is 0. The molecule has 0 aliphatic heterocycles. The van der Waals surface area contributed by atoms with E-state index in [0.29, 0.717) is 5.92 Å². The van der Waals surface area contributed by atoms with Gasteiger partial charge in [0.1, 0.15) is 0 Å². The lowest BCUT2D eigenvalue weighted by Crippen LogP contribution is -2.19. The highest BCUT2D eigenvalue weighted by Gasteiger charge is 2.20. The normalized spacial score (nSPS) is 15.9. The van der Waals surface area contributed by atoms with Gasteiger partial charge in [-0.3, -0.25) is 4.79 Å². The van der Waals surface area contributed by atoms with Gasteiger partial charge in [0.05, 0.1) is 5.92 Å². The summed E-state index contributed by atoms with van der Waals surface area (Å²) in [5.41, 5.74) is 0. The van der Waals surface area contributed by atoms with E-state index in [4.69, 9.17) is 5.11 Å². The van der Waals surface area contributed by atoms with Gasteiger partial charge in [-0.15, -0.1) is 0 Å². The van der Waals surface area contributed by atoms with Crippen LogP contribution in [-0.4, -0.2) is 11.1 Å². The van der Waals surface area contributed by atoms with E-state index in [1.54, 1.807) is 6.92 Å². The Morgan fingerprint density at radius 1 is 1.45 bits per heavy atom. The highest BCUT2D eigenvalue weighted by atomic mass is 16.4. The highest BCUT2D eigenvalue weighted by molar-refractivity contribution is 5.69. The second-order valence-corrected chi connectivity index (χ2v) is 3.08. The van der Waals surface area contributed by atoms with Gasteiger partial charge in [0.25, 0.3) is 0 Å². The van der Waals surface area contributed by atoms with Crippen LogP contribution >= 0.6 is 0 Å². The number of carbonyl (C=O) groups is 1. The number of aliphatic carboxylic acids is 1. The monoisotopic (exact) mass is 158 g/mol. The lowest BCUT2D eigenvalue weighted by molar-refractivity contribution is -0.143. The van der Waals surface area contributed by atoms with Crippen LogP contribution in [0.25, 0.3) is 0 Å². The summed E-state index contributed by atoms with van der Waals surface area (Å²) in [6.07, 6.45) is 3.08. The minimum absolute atomic E-state index is 0.181. The predicted octanol–water partition coefficient (Wildman–Crippen LogP) is 2.53. The third-order valence-electron chi connectivity index (χ3n) is 2.28. The average molecular weight is 158 g/mol. The van der Waals surface area contributed by atoms with Gasteiger partial charge in [-0.05, 0) is 12.3 Å². The molecule has 0 aliphatic rings. The molecule has 0 heterocycles. The fourth-order valence-corrected chi connectivity index (χ4v) is 1.38. The summed E-state index contributed by atoms with van der Waals surface area (Å²) in [5, 5.41) is 8.71. The van der Waals surface area contributed by atoms with Crippen molar-refractivity contribution in [3.05, 3.63) is 0 Å². The van der Waals surface area contributed by atoms with Crippen molar-refractivity contribution in [1.29, 1.82) is 0 Å². The standard InChI is InChI=1S/C9H18O2/c1-4-6-8(5-2)7(3)9(10)11/h7-8H,4-6H2,1-3H3,(H,10,11)/t7-,8?/m1/s1. The Morgan fingerprint density at radius 2 is 2.00 bits per heavy atom. The zero-order chi connectivity index (χ0) is 8.85. The van der Waals surface area contributed by atoms with Crippen molar-refractivity contribution >= 4 is 5.97 Å². The smallest absolute Gasteiger partial charge is 0.306 e. The van der Waals surface area contributed by atoms with Crippen LogP contribution in [0.1, 0.15) is 40.0 Å². The van der Waals surface area contributed by atoms with Crippen molar-refractivity contribution in [1.82, 2.24) is 0 Å². The second-order valence-electron chi connectivity index (χ2n) is 3.08. The van der Waals surface area contributed by atoms with Gasteiger partial charge in [-0.25, -0.2) is 0 Å². The van der Waals surface area contributed by atoms with E-state index >= 15 is 0 Å². The molecular formula is C9H18O2. The lowest BCUT2D eigenvalue weighted by Gasteiger charge is -2.17. The maximum absolute atomic E-state index is 10.6. The first-order valence-electron chi connectivity index (χ1n) is 4.36. The Hall–Kier alpha value is -0.530. The minimum Gasteiger partial charge on any atom is -0.481 e. The number of hydrogen-bond donors (Lipinski definition) is 1. The molecule has 0 fully saturated rings. The van der Waals surface area contributed by atoms with Crippen molar-refractivity contribution in [2.75, 3.05) is 0 Å². The van der Waals surface area contributed by atoms with E-state index in [1.165, 1.54) is 0 Å². The molecule has 0 bridgehead atoms. The predicted molar refractivity (Wildman–Crippen MR) is 45.5 cm³/mol. The van der Waals surface area contributed by atoms with Crippen LogP contribution in [0.4, 0.5) is 0 Å². The molecule has 0 saturated heterocycles. The molecule has 2 heteroatoms. The summed E-state index contributed by atoms with van der Waals surface area (Å²) >= 11 is 0. The molecule has 1 N–H and O–H groups in total. The first-order valence-corrected chi connectivity index (χ1v) is 4.36. The van der Waals surface area contributed by atoms with Crippen LogP contribution in [0, 0.1) is 11.8 Å². The zero-order valence-corrected chi connectivity index (χ0v) is 7.63. The van der Waals surface area contributed by atoms with E-state index < -0.39 is 5.97 Å². The van der Waals surface area contributed by atoms with E-state index in [9.17, 15) is 4.79 Å². The summed E-state index contributed by atoms with van der Waals surface area (Å²) in [6.45, 7) is 5.95. The first-order chi connectivity index (χ1) is 5.13. The lowest BCUT2D eigenvalue weighted by atomic mass is 9.88. The molecule has 0 aromatic rings. The molecular weight excluding hydrogens is 140 g/mol. The van der Waals surface area contributed by atoms with Crippen molar-refractivity contribution in [3.63, 3.8) is 0 Å². The van der Waals surface area contributed by atoms with Gasteiger partial charge in [0, 0.05) is 0 Å². The average Bonchev–Trinajstić information content (AvgIpc) is 1.98. The second kappa shape index (κ2) is 5.16. The Bertz CT molecular complexity index is 121.